The van der Waals surface area contributed by atoms with Crippen molar-refractivity contribution in [3.8, 4) is 0 Å². The molecule has 3 rings (SSSR count). The molecule has 1 amide bonds. The minimum absolute atomic E-state index is 0.681. The monoisotopic (exact) mass is 263 g/mol. The van der Waals surface area contributed by atoms with E-state index in [1.165, 1.54) is 0 Å². The van der Waals surface area contributed by atoms with Crippen LogP contribution in [0.1, 0.15) is 5.01 Å². The summed E-state index contributed by atoms with van der Waals surface area (Å²) in [4.78, 5) is 19.3. The van der Waals surface area contributed by atoms with Crippen molar-refractivity contribution in [1.29, 1.82) is 0 Å². The summed E-state index contributed by atoms with van der Waals surface area (Å²) >= 11 is 3.37. The quantitative estimate of drug-likeness (QED) is 0.865. The Labute approximate surface area is 106 Å². The number of aromatic nitrogens is 1. The lowest BCUT2D eigenvalue weighted by Crippen LogP contribution is -1.92. The Morgan fingerprint density at radius 3 is 3.12 bits per heavy atom. The highest BCUT2D eigenvalue weighted by molar-refractivity contribution is 8.15. The van der Waals surface area contributed by atoms with E-state index in [2.05, 4.69) is 15.3 Å². The third-order valence-electron chi connectivity index (χ3n) is 2.38. The van der Waals surface area contributed by atoms with Crippen LogP contribution in [0.4, 0.5) is 5.69 Å². The van der Waals surface area contributed by atoms with E-state index >= 15 is 0 Å². The average molecular weight is 263 g/mol. The molecule has 0 radical (unpaired) electrons. The number of nitrogens with one attached hydrogen (secondary N) is 1. The first kappa shape index (κ1) is 10.7. The number of carbonyl (C=O) groups excluding carboxylic acids is 1. The second kappa shape index (κ2) is 4.46. The maximum absolute atomic E-state index is 10.4. The predicted octanol–water partition coefficient (Wildman–Crippen LogP) is 2.36. The van der Waals surface area contributed by atoms with Crippen molar-refractivity contribution in [2.45, 2.75) is 0 Å². The maximum atomic E-state index is 10.4. The standard InChI is InChI=1S/C11H9N3OS2/c15-6-13-7-1-2-8-9(5-7)17-11(14-8)10-12-3-4-16-10/h1-2,5-6H,3-4H2,(H,13,15). The molecular weight excluding hydrogens is 254 g/mol. The van der Waals surface area contributed by atoms with Crippen molar-refractivity contribution in [2.75, 3.05) is 17.6 Å². The van der Waals surface area contributed by atoms with Crippen molar-refractivity contribution >= 4 is 50.5 Å². The Kier molecular flexibility index (Phi) is 2.82. The van der Waals surface area contributed by atoms with Gasteiger partial charge in [-0.25, -0.2) is 4.98 Å². The van der Waals surface area contributed by atoms with Crippen LogP contribution >= 0.6 is 23.1 Å². The summed E-state index contributed by atoms with van der Waals surface area (Å²) in [6.45, 7) is 0.883. The van der Waals surface area contributed by atoms with Crippen LogP contribution in [0, 0.1) is 0 Å². The minimum atomic E-state index is 0.681. The van der Waals surface area contributed by atoms with Crippen LogP contribution in [0.3, 0.4) is 0 Å². The molecule has 0 fully saturated rings. The van der Waals surface area contributed by atoms with Gasteiger partial charge in [0.2, 0.25) is 6.41 Å². The zero-order valence-electron chi connectivity index (χ0n) is 8.84. The van der Waals surface area contributed by atoms with E-state index in [-0.39, 0.29) is 0 Å². The number of carbonyl (C=O) groups is 1. The molecule has 0 aliphatic carbocycles. The molecule has 1 aliphatic heterocycles. The van der Waals surface area contributed by atoms with Crippen molar-refractivity contribution in [3.05, 3.63) is 23.2 Å². The topological polar surface area (TPSA) is 54.4 Å². The first-order valence-electron chi connectivity index (χ1n) is 5.15. The minimum Gasteiger partial charge on any atom is -0.329 e. The molecule has 2 aromatic rings. The summed E-state index contributed by atoms with van der Waals surface area (Å²) in [5.74, 6) is 1.04. The molecule has 0 bridgehead atoms. The molecule has 6 heteroatoms. The van der Waals surface area contributed by atoms with Gasteiger partial charge in [0.15, 0.2) is 0 Å². The number of hydrogen-bond acceptors (Lipinski definition) is 5. The fourth-order valence-corrected chi connectivity index (χ4v) is 3.58. The van der Waals surface area contributed by atoms with E-state index < -0.39 is 0 Å². The summed E-state index contributed by atoms with van der Waals surface area (Å²) in [6, 6.07) is 5.70. The first-order valence-corrected chi connectivity index (χ1v) is 6.95. The van der Waals surface area contributed by atoms with E-state index in [4.69, 9.17) is 0 Å². The molecule has 0 saturated heterocycles. The van der Waals surface area contributed by atoms with Gasteiger partial charge in [0.05, 0.1) is 10.2 Å². The smallest absolute Gasteiger partial charge is 0.211 e. The number of benzene rings is 1. The van der Waals surface area contributed by atoms with Crippen LogP contribution in [0.25, 0.3) is 10.2 Å². The van der Waals surface area contributed by atoms with Gasteiger partial charge in [-0.3, -0.25) is 9.79 Å². The number of rotatable bonds is 3. The van der Waals surface area contributed by atoms with Crippen LogP contribution in [0.5, 0.6) is 0 Å². The van der Waals surface area contributed by atoms with E-state index in [9.17, 15) is 4.79 Å². The predicted molar refractivity (Wildman–Crippen MR) is 73.2 cm³/mol. The van der Waals surface area contributed by atoms with Gasteiger partial charge >= 0.3 is 0 Å². The fourth-order valence-electron chi connectivity index (χ4n) is 1.64. The Balaban J connectivity index is 2.03. The van der Waals surface area contributed by atoms with Gasteiger partial charge in [-0.1, -0.05) is 0 Å². The van der Waals surface area contributed by atoms with Gasteiger partial charge < -0.3 is 5.32 Å². The van der Waals surface area contributed by atoms with E-state index in [0.717, 1.165) is 38.3 Å². The molecule has 0 atom stereocenters. The molecule has 1 aromatic carbocycles. The number of anilines is 1. The lowest BCUT2D eigenvalue weighted by Gasteiger charge is -1.95. The Morgan fingerprint density at radius 2 is 2.35 bits per heavy atom. The highest BCUT2D eigenvalue weighted by Crippen LogP contribution is 2.29. The van der Waals surface area contributed by atoms with Gasteiger partial charge in [0, 0.05) is 18.0 Å². The lowest BCUT2D eigenvalue weighted by atomic mass is 10.3. The molecule has 0 unspecified atom stereocenters. The van der Waals surface area contributed by atoms with Gasteiger partial charge in [0.1, 0.15) is 10.1 Å². The largest absolute Gasteiger partial charge is 0.329 e. The zero-order valence-corrected chi connectivity index (χ0v) is 10.5. The normalized spacial score (nSPS) is 14.9. The third-order valence-corrected chi connectivity index (χ3v) is 4.52. The van der Waals surface area contributed by atoms with Gasteiger partial charge in [-0.15, -0.1) is 23.1 Å². The highest BCUT2D eigenvalue weighted by atomic mass is 32.2. The summed E-state index contributed by atoms with van der Waals surface area (Å²) < 4.78 is 1.07. The molecule has 0 saturated carbocycles. The number of hydrogen-bond donors (Lipinski definition) is 1. The molecule has 1 aromatic heterocycles. The highest BCUT2D eigenvalue weighted by Gasteiger charge is 2.14. The summed E-state index contributed by atoms with van der Waals surface area (Å²) in [6.07, 6.45) is 0.681. The number of aliphatic imine (C=N–C) groups is 1. The van der Waals surface area contributed by atoms with Crippen molar-refractivity contribution in [2.24, 2.45) is 4.99 Å². The molecule has 17 heavy (non-hydrogen) atoms. The van der Waals surface area contributed by atoms with Gasteiger partial charge in [-0.05, 0) is 18.2 Å². The van der Waals surface area contributed by atoms with Gasteiger partial charge in [0.25, 0.3) is 0 Å². The molecule has 1 aliphatic rings. The number of thiazole rings is 1. The lowest BCUT2D eigenvalue weighted by molar-refractivity contribution is -0.105. The van der Waals surface area contributed by atoms with Crippen LogP contribution in [0.2, 0.25) is 0 Å². The van der Waals surface area contributed by atoms with Gasteiger partial charge in [-0.2, -0.15) is 0 Å². The second-order valence-electron chi connectivity index (χ2n) is 3.50. The molecule has 4 nitrogen and oxygen atoms in total. The Bertz CT molecular complexity index is 606. The molecule has 1 N–H and O–H groups in total. The second-order valence-corrected chi connectivity index (χ2v) is 5.61. The SMILES string of the molecule is O=CNc1ccc2nc(C3=NCCS3)sc2c1. The van der Waals surface area contributed by atoms with Crippen LogP contribution in [0.15, 0.2) is 23.2 Å². The van der Waals surface area contributed by atoms with Crippen LogP contribution < -0.4 is 5.32 Å². The Hall–Kier alpha value is -1.40. The molecule has 2 heterocycles. The molecular formula is C11H9N3OS2. The maximum Gasteiger partial charge on any atom is 0.211 e. The fraction of sp³-hybridized carbons (Fsp3) is 0.182. The van der Waals surface area contributed by atoms with Crippen LogP contribution in [-0.2, 0) is 4.79 Å². The van der Waals surface area contributed by atoms with E-state index in [1.54, 1.807) is 23.1 Å². The van der Waals surface area contributed by atoms with E-state index in [1.807, 2.05) is 18.2 Å². The number of nitrogens with zero attached hydrogens (tertiary/aromatic N) is 2. The molecule has 86 valence electrons. The molecule has 0 spiro atoms. The van der Waals surface area contributed by atoms with Crippen molar-refractivity contribution in [1.82, 2.24) is 4.98 Å². The van der Waals surface area contributed by atoms with E-state index in [0.29, 0.717) is 6.41 Å². The number of thioether (sulfide) groups is 1. The first-order chi connectivity index (χ1) is 8.36. The summed E-state index contributed by atoms with van der Waals surface area (Å²) in [5.41, 5.74) is 1.75. The van der Waals surface area contributed by atoms with Crippen LogP contribution in [-0.4, -0.2) is 28.7 Å². The Morgan fingerprint density at radius 1 is 1.41 bits per heavy atom. The zero-order chi connectivity index (χ0) is 11.7. The third kappa shape index (κ3) is 2.05. The van der Waals surface area contributed by atoms with Crippen molar-refractivity contribution in [3.63, 3.8) is 0 Å². The number of fused-ring (bicyclic) bond motifs is 1. The average Bonchev–Trinajstić information content (AvgIpc) is 2.97. The van der Waals surface area contributed by atoms with Crippen molar-refractivity contribution < 1.29 is 4.79 Å². The number of amides is 1. The summed E-state index contributed by atoms with van der Waals surface area (Å²) in [5, 5.41) is 4.66. The summed E-state index contributed by atoms with van der Waals surface area (Å²) in [7, 11) is 0.